The molecule has 1 aliphatic heterocycles. The second kappa shape index (κ2) is 8.82. The highest BCUT2D eigenvalue weighted by molar-refractivity contribution is 5.78. The fraction of sp³-hybridized carbons (Fsp3) is 0.391. The Bertz CT molecular complexity index is 1150. The van der Waals surface area contributed by atoms with Gasteiger partial charge in [-0.25, -0.2) is 9.97 Å². The maximum atomic E-state index is 13.0. The van der Waals surface area contributed by atoms with Crippen LogP contribution in [0.25, 0.3) is 11.0 Å². The van der Waals surface area contributed by atoms with Crippen LogP contribution in [0.2, 0.25) is 0 Å². The summed E-state index contributed by atoms with van der Waals surface area (Å²) >= 11 is 0. The number of fused-ring (bicyclic) bond motifs is 1. The largest absolute Gasteiger partial charge is 0.412 e. The molecule has 1 atom stereocenters. The lowest BCUT2D eigenvalue weighted by molar-refractivity contribution is -0.0935. The number of hydrogen-bond donors (Lipinski definition) is 0. The summed E-state index contributed by atoms with van der Waals surface area (Å²) in [5.74, 6) is 0.447. The number of aryl methyl sites for hydroxylation is 3. The minimum atomic E-state index is -4.42. The number of nitrogens with zero attached hydrogens (tertiary/aromatic N) is 5. The van der Waals surface area contributed by atoms with Crippen molar-refractivity contribution in [3.8, 4) is 0 Å². The van der Waals surface area contributed by atoms with E-state index in [0.29, 0.717) is 42.4 Å². The Morgan fingerprint density at radius 3 is 2.72 bits per heavy atom. The second-order valence-corrected chi connectivity index (χ2v) is 7.93. The molecule has 0 aromatic carbocycles. The first kappa shape index (κ1) is 22.1. The zero-order valence-electron chi connectivity index (χ0n) is 18.0. The van der Waals surface area contributed by atoms with Gasteiger partial charge in [-0.15, -0.1) is 0 Å². The van der Waals surface area contributed by atoms with Crippen molar-refractivity contribution in [2.24, 2.45) is 0 Å². The van der Waals surface area contributed by atoms with Gasteiger partial charge >= 0.3 is 6.18 Å². The van der Waals surface area contributed by atoms with Crippen LogP contribution >= 0.6 is 0 Å². The number of alkyl halides is 3. The average molecular weight is 443 g/mol. The van der Waals surface area contributed by atoms with Crippen molar-refractivity contribution in [2.75, 3.05) is 24.6 Å². The standard InChI is InChI=1S/C23H24F3N5O/c1-14(23(24,25)26)4-7-19-18-6-5-15(2)28-21(18)30-22(29-19)31-10-11-32-20(13-31)17-8-9-27-16(3)12-17/h5-6,8-9,12,20H,1,4,7,10-11,13H2,2-3H3. The number of allylic oxidation sites excluding steroid dienone is 1. The van der Waals surface area contributed by atoms with E-state index < -0.39 is 11.7 Å². The van der Waals surface area contributed by atoms with E-state index in [1.54, 1.807) is 6.20 Å². The van der Waals surface area contributed by atoms with Gasteiger partial charge < -0.3 is 9.64 Å². The van der Waals surface area contributed by atoms with E-state index in [-0.39, 0.29) is 18.9 Å². The van der Waals surface area contributed by atoms with E-state index in [0.717, 1.165) is 17.0 Å². The Kier molecular flexibility index (Phi) is 6.10. The zero-order chi connectivity index (χ0) is 22.9. The maximum Gasteiger partial charge on any atom is 0.412 e. The first-order valence-electron chi connectivity index (χ1n) is 10.4. The second-order valence-electron chi connectivity index (χ2n) is 7.93. The van der Waals surface area contributed by atoms with Gasteiger partial charge in [-0.1, -0.05) is 6.58 Å². The molecule has 0 spiro atoms. The number of anilines is 1. The van der Waals surface area contributed by atoms with Gasteiger partial charge in [0.05, 0.1) is 18.8 Å². The van der Waals surface area contributed by atoms with Crippen molar-refractivity contribution in [3.63, 3.8) is 0 Å². The van der Waals surface area contributed by atoms with E-state index >= 15 is 0 Å². The molecule has 168 valence electrons. The highest BCUT2D eigenvalue weighted by Crippen LogP contribution is 2.30. The summed E-state index contributed by atoms with van der Waals surface area (Å²) < 4.78 is 44.8. The SMILES string of the molecule is C=C(CCc1nc(N2CCOC(c3ccnc(C)c3)C2)nc2nc(C)ccc12)C(F)(F)F. The maximum absolute atomic E-state index is 13.0. The van der Waals surface area contributed by atoms with Crippen molar-refractivity contribution < 1.29 is 17.9 Å². The quantitative estimate of drug-likeness (QED) is 0.534. The highest BCUT2D eigenvalue weighted by atomic mass is 19.4. The van der Waals surface area contributed by atoms with Gasteiger partial charge in [0.1, 0.15) is 6.10 Å². The van der Waals surface area contributed by atoms with Gasteiger partial charge in [0.25, 0.3) is 0 Å². The topological polar surface area (TPSA) is 64.0 Å². The molecule has 0 bridgehead atoms. The van der Waals surface area contributed by atoms with Crippen LogP contribution in [0.4, 0.5) is 19.1 Å². The fourth-order valence-electron chi connectivity index (χ4n) is 3.70. The van der Waals surface area contributed by atoms with Gasteiger partial charge in [0.2, 0.25) is 5.95 Å². The van der Waals surface area contributed by atoms with E-state index in [9.17, 15) is 13.2 Å². The molecule has 9 heteroatoms. The fourth-order valence-corrected chi connectivity index (χ4v) is 3.70. The Balaban J connectivity index is 1.65. The van der Waals surface area contributed by atoms with Crippen molar-refractivity contribution in [2.45, 2.75) is 39.0 Å². The molecular formula is C23H24F3N5O. The smallest absolute Gasteiger partial charge is 0.370 e. The summed E-state index contributed by atoms with van der Waals surface area (Å²) in [6.45, 7) is 8.53. The summed E-state index contributed by atoms with van der Waals surface area (Å²) in [5.41, 5.74) is 2.93. The third kappa shape index (κ3) is 4.88. The van der Waals surface area contributed by atoms with Crippen LogP contribution in [0, 0.1) is 13.8 Å². The third-order valence-electron chi connectivity index (χ3n) is 5.47. The van der Waals surface area contributed by atoms with Crippen LogP contribution in [0.1, 0.15) is 35.2 Å². The summed E-state index contributed by atoms with van der Waals surface area (Å²) in [6.07, 6.45) is -2.97. The minimum Gasteiger partial charge on any atom is -0.370 e. The minimum absolute atomic E-state index is 0.104. The number of hydrogen-bond acceptors (Lipinski definition) is 6. The monoisotopic (exact) mass is 443 g/mol. The Morgan fingerprint density at radius 2 is 1.97 bits per heavy atom. The lowest BCUT2D eigenvalue weighted by Crippen LogP contribution is -2.39. The third-order valence-corrected chi connectivity index (χ3v) is 5.47. The predicted molar refractivity (Wildman–Crippen MR) is 115 cm³/mol. The molecule has 1 unspecified atom stereocenters. The molecule has 1 fully saturated rings. The molecule has 0 N–H and O–H groups in total. The number of halogens is 3. The van der Waals surface area contributed by atoms with Crippen molar-refractivity contribution in [1.82, 2.24) is 19.9 Å². The summed E-state index contributed by atoms with van der Waals surface area (Å²) in [6, 6.07) is 7.52. The van der Waals surface area contributed by atoms with Gasteiger partial charge in [0.15, 0.2) is 5.65 Å². The molecule has 3 aromatic rings. The van der Waals surface area contributed by atoms with E-state index in [4.69, 9.17) is 4.74 Å². The van der Waals surface area contributed by atoms with E-state index in [2.05, 4.69) is 26.5 Å². The number of morpholine rings is 1. The summed E-state index contributed by atoms with van der Waals surface area (Å²) in [4.78, 5) is 20.0. The molecule has 3 aromatic heterocycles. The molecular weight excluding hydrogens is 419 g/mol. The Labute approximate surface area is 184 Å². The van der Waals surface area contributed by atoms with Crippen LogP contribution in [-0.4, -0.2) is 45.8 Å². The van der Waals surface area contributed by atoms with Crippen LogP contribution in [0.5, 0.6) is 0 Å². The average Bonchev–Trinajstić information content (AvgIpc) is 2.76. The van der Waals surface area contributed by atoms with Crippen molar-refractivity contribution >= 4 is 17.0 Å². The molecule has 0 amide bonds. The van der Waals surface area contributed by atoms with Gasteiger partial charge in [-0.3, -0.25) is 4.98 Å². The van der Waals surface area contributed by atoms with Crippen molar-refractivity contribution in [1.29, 1.82) is 0 Å². The molecule has 32 heavy (non-hydrogen) atoms. The van der Waals surface area contributed by atoms with Gasteiger partial charge in [-0.2, -0.15) is 18.2 Å². The molecule has 4 heterocycles. The Morgan fingerprint density at radius 1 is 1.16 bits per heavy atom. The number of rotatable bonds is 5. The molecule has 0 aliphatic carbocycles. The molecule has 1 saturated heterocycles. The molecule has 6 nitrogen and oxygen atoms in total. The number of pyridine rings is 2. The summed E-state index contributed by atoms with van der Waals surface area (Å²) in [7, 11) is 0. The lowest BCUT2D eigenvalue weighted by atomic mass is 10.1. The van der Waals surface area contributed by atoms with Crippen LogP contribution in [-0.2, 0) is 11.2 Å². The van der Waals surface area contributed by atoms with E-state index in [1.807, 2.05) is 43.0 Å². The predicted octanol–water partition coefficient (Wildman–Crippen LogP) is 4.67. The number of aromatic nitrogens is 4. The van der Waals surface area contributed by atoms with Crippen LogP contribution in [0.3, 0.4) is 0 Å². The zero-order valence-corrected chi connectivity index (χ0v) is 18.0. The molecule has 0 saturated carbocycles. The molecule has 0 radical (unpaired) electrons. The number of ether oxygens (including phenoxy) is 1. The molecule has 1 aliphatic rings. The Hall–Kier alpha value is -3.07. The summed E-state index contributed by atoms with van der Waals surface area (Å²) in [5, 5.41) is 0.656. The van der Waals surface area contributed by atoms with Gasteiger partial charge in [-0.05, 0) is 56.5 Å². The molecule has 4 rings (SSSR count). The van der Waals surface area contributed by atoms with Gasteiger partial charge in [0, 0.05) is 35.1 Å². The van der Waals surface area contributed by atoms with Crippen molar-refractivity contribution in [3.05, 3.63) is 65.3 Å². The first-order chi connectivity index (χ1) is 15.2. The normalized spacial score (nSPS) is 17.0. The van der Waals surface area contributed by atoms with Crippen LogP contribution in [0.15, 0.2) is 42.6 Å². The van der Waals surface area contributed by atoms with E-state index in [1.165, 1.54) is 0 Å². The highest BCUT2D eigenvalue weighted by Gasteiger charge is 2.31. The lowest BCUT2D eigenvalue weighted by Gasteiger charge is -2.33. The van der Waals surface area contributed by atoms with Crippen LogP contribution < -0.4 is 4.90 Å². The first-order valence-corrected chi connectivity index (χ1v) is 10.4.